The Morgan fingerprint density at radius 3 is 2.93 bits per heavy atom. The second-order valence-electron chi connectivity index (χ2n) is 7.55. The van der Waals surface area contributed by atoms with Crippen LogP contribution in [0.15, 0.2) is 41.1 Å². The van der Waals surface area contributed by atoms with Crippen molar-refractivity contribution in [2.75, 3.05) is 13.2 Å². The Labute approximate surface area is 176 Å². The summed E-state index contributed by atoms with van der Waals surface area (Å²) in [5.74, 6) is 0.0216. The number of carbonyl (C=O) groups is 1. The quantitative estimate of drug-likeness (QED) is 0.587. The first-order valence-electron chi connectivity index (χ1n) is 10.7. The summed E-state index contributed by atoms with van der Waals surface area (Å²) in [5, 5.41) is 11.9. The van der Waals surface area contributed by atoms with Crippen LogP contribution in [0.2, 0.25) is 0 Å². The van der Waals surface area contributed by atoms with Gasteiger partial charge in [0.05, 0.1) is 18.9 Å². The fourth-order valence-electron chi connectivity index (χ4n) is 3.90. The smallest absolute Gasteiger partial charge is 0.220 e. The molecule has 0 aliphatic carbocycles. The molecule has 0 radical (unpaired) electrons. The van der Waals surface area contributed by atoms with Gasteiger partial charge >= 0.3 is 0 Å². The molecule has 1 aromatic carbocycles. The van der Waals surface area contributed by atoms with Crippen LogP contribution in [0.25, 0.3) is 11.3 Å². The molecule has 0 atom stereocenters. The number of amides is 1. The second-order valence-corrected chi connectivity index (χ2v) is 7.55. The standard InChI is InChI=1S/C23H28N4O3/c1-2-13-27-21-11-14-29-16-19(21)20(25-27)10-12-24-22(28)9-8-18-15-30-26-23(18)17-6-4-3-5-7-17/h3-7,15H,2,8-14,16H2,1H3,(H,24,28). The summed E-state index contributed by atoms with van der Waals surface area (Å²) in [5.41, 5.74) is 6.30. The van der Waals surface area contributed by atoms with Crippen LogP contribution in [0, 0.1) is 0 Å². The second kappa shape index (κ2) is 9.71. The molecule has 0 saturated carbocycles. The number of aryl methyl sites for hydroxylation is 2. The summed E-state index contributed by atoms with van der Waals surface area (Å²) in [6.07, 6.45) is 5.30. The van der Waals surface area contributed by atoms with E-state index in [1.807, 2.05) is 30.3 Å². The normalized spacial score (nSPS) is 13.2. The van der Waals surface area contributed by atoms with Crippen molar-refractivity contribution in [1.82, 2.24) is 20.3 Å². The third-order valence-corrected chi connectivity index (χ3v) is 5.41. The number of ether oxygens (including phenoxy) is 1. The van der Waals surface area contributed by atoms with Crippen molar-refractivity contribution in [3.63, 3.8) is 0 Å². The summed E-state index contributed by atoms with van der Waals surface area (Å²) in [7, 11) is 0. The molecule has 30 heavy (non-hydrogen) atoms. The highest BCUT2D eigenvalue weighted by Crippen LogP contribution is 2.23. The number of hydrogen-bond acceptors (Lipinski definition) is 5. The number of fused-ring (bicyclic) bond motifs is 1. The molecule has 1 amide bonds. The monoisotopic (exact) mass is 408 g/mol. The van der Waals surface area contributed by atoms with E-state index in [9.17, 15) is 4.79 Å². The van der Waals surface area contributed by atoms with Gasteiger partial charge in [-0.1, -0.05) is 42.4 Å². The number of aromatic nitrogens is 3. The van der Waals surface area contributed by atoms with Gasteiger partial charge in [0, 0.05) is 54.7 Å². The zero-order valence-corrected chi connectivity index (χ0v) is 17.4. The molecule has 0 fully saturated rings. The maximum absolute atomic E-state index is 12.4. The first-order valence-corrected chi connectivity index (χ1v) is 10.7. The van der Waals surface area contributed by atoms with Gasteiger partial charge in [-0.15, -0.1) is 0 Å². The SMILES string of the molecule is CCCn1nc(CCNC(=O)CCc2conc2-c2ccccc2)c2c1CCOC2. The zero-order chi connectivity index (χ0) is 20.8. The Balaban J connectivity index is 1.29. The van der Waals surface area contributed by atoms with Gasteiger partial charge in [0.25, 0.3) is 0 Å². The summed E-state index contributed by atoms with van der Waals surface area (Å²) in [6.45, 7) is 5.04. The highest BCUT2D eigenvalue weighted by Gasteiger charge is 2.20. The van der Waals surface area contributed by atoms with E-state index in [0.717, 1.165) is 54.9 Å². The van der Waals surface area contributed by atoms with E-state index in [1.165, 1.54) is 11.3 Å². The molecule has 158 valence electrons. The van der Waals surface area contributed by atoms with Gasteiger partial charge < -0.3 is 14.6 Å². The van der Waals surface area contributed by atoms with E-state index in [1.54, 1.807) is 6.26 Å². The van der Waals surface area contributed by atoms with Crippen molar-refractivity contribution in [3.8, 4) is 11.3 Å². The zero-order valence-electron chi connectivity index (χ0n) is 17.4. The van der Waals surface area contributed by atoms with Gasteiger partial charge in [-0.3, -0.25) is 9.48 Å². The van der Waals surface area contributed by atoms with Crippen LogP contribution in [0.4, 0.5) is 0 Å². The molecule has 3 heterocycles. The Kier molecular flexibility index (Phi) is 6.59. The molecule has 7 nitrogen and oxygen atoms in total. The molecule has 1 N–H and O–H groups in total. The van der Waals surface area contributed by atoms with E-state index >= 15 is 0 Å². The molecule has 0 bridgehead atoms. The lowest BCUT2D eigenvalue weighted by Crippen LogP contribution is -2.26. The minimum Gasteiger partial charge on any atom is -0.376 e. The van der Waals surface area contributed by atoms with E-state index in [4.69, 9.17) is 14.4 Å². The predicted octanol–water partition coefficient (Wildman–Crippen LogP) is 3.31. The van der Waals surface area contributed by atoms with Crippen LogP contribution in [0.3, 0.4) is 0 Å². The summed E-state index contributed by atoms with van der Waals surface area (Å²) in [4.78, 5) is 12.4. The van der Waals surface area contributed by atoms with Gasteiger partial charge in [0.2, 0.25) is 5.91 Å². The van der Waals surface area contributed by atoms with E-state index in [0.29, 0.717) is 26.0 Å². The predicted molar refractivity (Wildman–Crippen MR) is 113 cm³/mol. The van der Waals surface area contributed by atoms with E-state index < -0.39 is 0 Å². The maximum atomic E-state index is 12.4. The average molecular weight is 409 g/mol. The lowest BCUT2D eigenvalue weighted by atomic mass is 10.0. The fraction of sp³-hybridized carbons (Fsp3) is 0.435. The molecule has 2 aromatic heterocycles. The van der Waals surface area contributed by atoms with Crippen LogP contribution < -0.4 is 5.32 Å². The van der Waals surface area contributed by atoms with Gasteiger partial charge in [-0.25, -0.2) is 0 Å². The minimum absolute atomic E-state index is 0.0216. The van der Waals surface area contributed by atoms with Crippen molar-refractivity contribution in [2.24, 2.45) is 0 Å². The highest BCUT2D eigenvalue weighted by molar-refractivity contribution is 5.76. The lowest BCUT2D eigenvalue weighted by Gasteiger charge is -2.14. The number of benzene rings is 1. The van der Waals surface area contributed by atoms with Crippen molar-refractivity contribution in [1.29, 1.82) is 0 Å². The third kappa shape index (κ3) is 4.62. The number of carbonyl (C=O) groups excluding carboxylic acids is 1. The van der Waals surface area contributed by atoms with Gasteiger partial charge in [-0.2, -0.15) is 5.10 Å². The van der Waals surface area contributed by atoms with E-state index in [2.05, 4.69) is 22.1 Å². The number of hydrogen-bond donors (Lipinski definition) is 1. The fourth-order valence-corrected chi connectivity index (χ4v) is 3.90. The first-order chi connectivity index (χ1) is 14.8. The Morgan fingerprint density at radius 2 is 2.10 bits per heavy atom. The highest BCUT2D eigenvalue weighted by atomic mass is 16.5. The largest absolute Gasteiger partial charge is 0.376 e. The van der Waals surface area contributed by atoms with Crippen molar-refractivity contribution in [3.05, 3.63) is 59.1 Å². The molecule has 1 aliphatic rings. The summed E-state index contributed by atoms with van der Waals surface area (Å²) in [6, 6.07) is 9.87. The van der Waals surface area contributed by atoms with Crippen molar-refractivity contribution < 1.29 is 14.1 Å². The van der Waals surface area contributed by atoms with Crippen LogP contribution in [0.1, 0.15) is 42.3 Å². The average Bonchev–Trinajstić information content (AvgIpc) is 3.39. The number of rotatable bonds is 9. The molecule has 1 aliphatic heterocycles. The number of nitrogens with one attached hydrogen (secondary N) is 1. The van der Waals surface area contributed by atoms with Gasteiger partial charge in [0.1, 0.15) is 12.0 Å². The van der Waals surface area contributed by atoms with Crippen molar-refractivity contribution in [2.45, 2.75) is 52.2 Å². The van der Waals surface area contributed by atoms with Crippen molar-refractivity contribution >= 4 is 5.91 Å². The molecule has 0 unspecified atom stereocenters. The third-order valence-electron chi connectivity index (χ3n) is 5.41. The molecular formula is C23H28N4O3. The van der Waals surface area contributed by atoms with Gasteiger partial charge in [-0.05, 0) is 12.8 Å². The summed E-state index contributed by atoms with van der Waals surface area (Å²) < 4.78 is 12.9. The summed E-state index contributed by atoms with van der Waals surface area (Å²) >= 11 is 0. The Hall–Kier alpha value is -2.93. The Morgan fingerprint density at radius 1 is 1.23 bits per heavy atom. The molecule has 3 aromatic rings. The molecular weight excluding hydrogens is 380 g/mol. The van der Waals surface area contributed by atoms with E-state index in [-0.39, 0.29) is 5.91 Å². The maximum Gasteiger partial charge on any atom is 0.220 e. The van der Waals surface area contributed by atoms with Crippen LogP contribution in [-0.4, -0.2) is 34.0 Å². The molecule has 4 rings (SSSR count). The van der Waals surface area contributed by atoms with Crippen LogP contribution >= 0.6 is 0 Å². The number of nitrogens with zero attached hydrogens (tertiary/aromatic N) is 3. The van der Waals surface area contributed by atoms with Crippen LogP contribution in [-0.2, 0) is 41.9 Å². The lowest BCUT2D eigenvalue weighted by molar-refractivity contribution is -0.121. The molecule has 0 saturated heterocycles. The topological polar surface area (TPSA) is 82.2 Å². The van der Waals surface area contributed by atoms with Gasteiger partial charge in [0.15, 0.2) is 0 Å². The Bertz CT molecular complexity index is 978. The van der Waals surface area contributed by atoms with Crippen LogP contribution in [0.5, 0.6) is 0 Å². The molecule has 7 heteroatoms. The molecule has 0 spiro atoms. The first kappa shape index (κ1) is 20.3. The minimum atomic E-state index is 0.0216.